The van der Waals surface area contributed by atoms with Gasteiger partial charge in [0, 0.05) is 10.9 Å². The van der Waals surface area contributed by atoms with Gasteiger partial charge in [-0.15, -0.1) is 11.3 Å². The van der Waals surface area contributed by atoms with Crippen molar-refractivity contribution in [3.63, 3.8) is 0 Å². The van der Waals surface area contributed by atoms with E-state index in [2.05, 4.69) is 15.6 Å². The predicted molar refractivity (Wildman–Crippen MR) is 112 cm³/mol. The number of thiazole rings is 1. The van der Waals surface area contributed by atoms with Gasteiger partial charge in [-0.3, -0.25) is 9.59 Å². The molecule has 0 unspecified atom stereocenters. The molecule has 0 fully saturated rings. The summed E-state index contributed by atoms with van der Waals surface area (Å²) in [5.41, 5.74) is 1.64. The summed E-state index contributed by atoms with van der Waals surface area (Å²) >= 11 is 1.30. The normalized spacial score (nSPS) is 10.7. The molecule has 0 saturated heterocycles. The SMILES string of the molecule is O=C(CNC(=O)c1ccccc1F)Nc1nc(-c2cccc3ccccc23)cs1. The smallest absolute Gasteiger partial charge is 0.254 e. The molecule has 0 atom stereocenters. The van der Waals surface area contributed by atoms with Crippen molar-refractivity contribution in [2.24, 2.45) is 0 Å². The highest BCUT2D eigenvalue weighted by atomic mass is 32.1. The molecular weight excluding hydrogens is 389 g/mol. The van der Waals surface area contributed by atoms with Crippen LogP contribution in [0.2, 0.25) is 0 Å². The number of hydrogen-bond acceptors (Lipinski definition) is 4. The fourth-order valence-corrected chi connectivity index (χ4v) is 3.69. The summed E-state index contributed by atoms with van der Waals surface area (Å²) in [6, 6.07) is 19.6. The number of hydrogen-bond donors (Lipinski definition) is 2. The Bertz CT molecular complexity index is 1200. The molecule has 0 saturated carbocycles. The summed E-state index contributed by atoms with van der Waals surface area (Å²) < 4.78 is 13.6. The molecule has 4 rings (SSSR count). The second kappa shape index (κ2) is 8.20. The fourth-order valence-electron chi connectivity index (χ4n) is 2.97. The van der Waals surface area contributed by atoms with Gasteiger partial charge in [-0.1, -0.05) is 54.6 Å². The van der Waals surface area contributed by atoms with E-state index in [9.17, 15) is 14.0 Å². The van der Waals surface area contributed by atoms with Crippen molar-refractivity contribution in [3.05, 3.63) is 83.5 Å². The molecule has 0 aliphatic carbocycles. The predicted octanol–water partition coefficient (Wildman–Crippen LogP) is 4.47. The summed E-state index contributed by atoms with van der Waals surface area (Å²) in [7, 11) is 0. The number of nitrogens with zero attached hydrogens (tertiary/aromatic N) is 1. The number of carbonyl (C=O) groups is 2. The van der Waals surface area contributed by atoms with Crippen molar-refractivity contribution in [2.45, 2.75) is 0 Å². The van der Waals surface area contributed by atoms with Crippen LogP contribution in [0, 0.1) is 5.82 Å². The van der Waals surface area contributed by atoms with E-state index in [1.165, 1.54) is 29.5 Å². The Morgan fingerprint density at radius 3 is 2.59 bits per heavy atom. The van der Waals surface area contributed by atoms with Crippen LogP contribution in [-0.2, 0) is 4.79 Å². The number of anilines is 1. The van der Waals surface area contributed by atoms with Gasteiger partial charge in [-0.2, -0.15) is 0 Å². The molecule has 5 nitrogen and oxygen atoms in total. The Labute approximate surface area is 170 Å². The first-order chi connectivity index (χ1) is 14.1. The van der Waals surface area contributed by atoms with Crippen molar-refractivity contribution in [1.29, 1.82) is 0 Å². The largest absolute Gasteiger partial charge is 0.343 e. The van der Waals surface area contributed by atoms with Crippen LogP contribution in [0.25, 0.3) is 22.0 Å². The maximum absolute atomic E-state index is 13.6. The van der Waals surface area contributed by atoms with E-state index in [0.29, 0.717) is 5.13 Å². The average molecular weight is 405 g/mol. The molecule has 2 amide bonds. The maximum Gasteiger partial charge on any atom is 0.254 e. The molecule has 3 aromatic carbocycles. The van der Waals surface area contributed by atoms with Gasteiger partial charge in [0.1, 0.15) is 5.82 Å². The van der Waals surface area contributed by atoms with Gasteiger partial charge in [-0.25, -0.2) is 9.37 Å². The van der Waals surface area contributed by atoms with Gasteiger partial charge in [0.05, 0.1) is 17.8 Å². The third kappa shape index (κ3) is 4.14. The van der Waals surface area contributed by atoms with Crippen molar-refractivity contribution >= 4 is 39.1 Å². The molecule has 1 aromatic heterocycles. The van der Waals surface area contributed by atoms with Crippen LogP contribution in [0.5, 0.6) is 0 Å². The Morgan fingerprint density at radius 1 is 0.966 bits per heavy atom. The number of fused-ring (bicyclic) bond motifs is 1. The molecule has 1 heterocycles. The number of aromatic nitrogens is 1. The highest BCUT2D eigenvalue weighted by Gasteiger charge is 2.14. The van der Waals surface area contributed by atoms with Crippen LogP contribution in [0.3, 0.4) is 0 Å². The quantitative estimate of drug-likeness (QED) is 0.515. The Morgan fingerprint density at radius 2 is 1.72 bits per heavy atom. The lowest BCUT2D eigenvalue weighted by Crippen LogP contribution is -2.33. The first-order valence-corrected chi connectivity index (χ1v) is 9.76. The molecule has 7 heteroatoms. The highest BCUT2D eigenvalue weighted by molar-refractivity contribution is 7.14. The van der Waals surface area contributed by atoms with Gasteiger partial charge in [-0.05, 0) is 22.9 Å². The van der Waals surface area contributed by atoms with E-state index in [4.69, 9.17) is 0 Å². The zero-order valence-corrected chi connectivity index (χ0v) is 16.0. The first-order valence-electron chi connectivity index (χ1n) is 8.88. The molecule has 0 aliphatic heterocycles. The van der Waals surface area contributed by atoms with Crippen LogP contribution in [0.1, 0.15) is 10.4 Å². The Kier molecular flexibility index (Phi) is 5.31. The number of halogens is 1. The van der Waals surface area contributed by atoms with Crippen LogP contribution < -0.4 is 10.6 Å². The minimum absolute atomic E-state index is 0.104. The van der Waals surface area contributed by atoms with Crippen molar-refractivity contribution in [2.75, 3.05) is 11.9 Å². The molecule has 4 aromatic rings. The van der Waals surface area contributed by atoms with Gasteiger partial charge < -0.3 is 10.6 Å². The molecule has 0 radical (unpaired) electrons. The monoisotopic (exact) mass is 405 g/mol. The number of amides is 2. The zero-order chi connectivity index (χ0) is 20.2. The minimum Gasteiger partial charge on any atom is -0.343 e. The summed E-state index contributed by atoms with van der Waals surface area (Å²) in [5, 5.41) is 9.56. The number of rotatable bonds is 5. The average Bonchev–Trinajstić information content (AvgIpc) is 3.20. The zero-order valence-electron chi connectivity index (χ0n) is 15.2. The lowest BCUT2D eigenvalue weighted by atomic mass is 10.0. The van der Waals surface area contributed by atoms with E-state index in [-0.39, 0.29) is 12.1 Å². The van der Waals surface area contributed by atoms with Crippen molar-refractivity contribution < 1.29 is 14.0 Å². The number of nitrogens with one attached hydrogen (secondary N) is 2. The van der Waals surface area contributed by atoms with Gasteiger partial charge in [0.25, 0.3) is 5.91 Å². The van der Waals surface area contributed by atoms with Gasteiger partial charge >= 0.3 is 0 Å². The van der Waals surface area contributed by atoms with E-state index < -0.39 is 17.6 Å². The molecule has 0 bridgehead atoms. The molecule has 0 aliphatic rings. The van der Waals surface area contributed by atoms with E-state index >= 15 is 0 Å². The standard InChI is InChI=1S/C22H16FN3O2S/c23-18-11-4-3-9-17(18)21(28)24-12-20(27)26-22-25-19(13-29-22)16-10-5-7-14-6-1-2-8-15(14)16/h1-11,13H,12H2,(H,24,28)(H,25,26,27). The lowest BCUT2D eigenvalue weighted by molar-refractivity contribution is -0.115. The summed E-state index contributed by atoms with van der Waals surface area (Å²) in [5.74, 6) is -1.72. The Hall–Kier alpha value is -3.58. The van der Waals surface area contributed by atoms with Crippen LogP contribution >= 0.6 is 11.3 Å². The van der Waals surface area contributed by atoms with E-state index in [1.807, 2.05) is 47.8 Å². The third-order valence-corrected chi connectivity index (χ3v) is 5.10. The first kappa shape index (κ1) is 18.8. The topological polar surface area (TPSA) is 71.1 Å². The summed E-state index contributed by atoms with van der Waals surface area (Å²) in [6.07, 6.45) is 0. The van der Waals surface area contributed by atoms with Gasteiger partial charge in [0.2, 0.25) is 5.91 Å². The second-order valence-electron chi connectivity index (χ2n) is 6.28. The van der Waals surface area contributed by atoms with Crippen molar-refractivity contribution in [3.8, 4) is 11.3 Å². The van der Waals surface area contributed by atoms with Crippen LogP contribution in [0.15, 0.2) is 72.1 Å². The maximum atomic E-state index is 13.6. The van der Waals surface area contributed by atoms with Crippen LogP contribution in [0.4, 0.5) is 9.52 Å². The Balaban J connectivity index is 1.42. The molecule has 0 spiro atoms. The number of benzene rings is 3. The second-order valence-corrected chi connectivity index (χ2v) is 7.13. The number of carbonyl (C=O) groups excluding carboxylic acids is 2. The molecular formula is C22H16FN3O2S. The van der Waals surface area contributed by atoms with Crippen LogP contribution in [-0.4, -0.2) is 23.3 Å². The third-order valence-electron chi connectivity index (χ3n) is 4.34. The lowest BCUT2D eigenvalue weighted by Gasteiger charge is -2.06. The van der Waals surface area contributed by atoms with Gasteiger partial charge in [0.15, 0.2) is 5.13 Å². The van der Waals surface area contributed by atoms with E-state index in [0.717, 1.165) is 22.0 Å². The molecule has 144 valence electrons. The minimum atomic E-state index is -0.645. The molecule has 29 heavy (non-hydrogen) atoms. The van der Waals surface area contributed by atoms with Crippen molar-refractivity contribution in [1.82, 2.24) is 10.3 Å². The molecule has 2 N–H and O–H groups in total. The highest BCUT2D eigenvalue weighted by Crippen LogP contribution is 2.30. The fraction of sp³-hybridized carbons (Fsp3) is 0.0455. The van der Waals surface area contributed by atoms with E-state index in [1.54, 1.807) is 6.07 Å². The summed E-state index contributed by atoms with van der Waals surface area (Å²) in [4.78, 5) is 28.6. The summed E-state index contributed by atoms with van der Waals surface area (Å²) in [6.45, 7) is -0.281.